The number of imide groups is 1. The van der Waals surface area contributed by atoms with E-state index in [9.17, 15) is 29.4 Å². The van der Waals surface area contributed by atoms with Crippen molar-refractivity contribution in [2.75, 3.05) is 13.1 Å². The van der Waals surface area contributed by atoms with E-state index < -0.39 is 35.3 Å². The molecule has 3 aliphatic heterocycles. The maximum Gasteiger partial charge on any atom is 0.410 e. The van der Waals surface area contributed by atoms with Gasteiger partial charge in [0.2, 0.25) is 11.8 Å². The van der Waals surface area contributed by atoms with Crippen LogP contribution in [0, 0.1) is 0 Å². The van der Waals surface area contributed by atoms with Gasteiger partial charge in [-0.3, -0.25) is 19.7 Å². The topological polar surface area (TPSA) is 136 Å². The molecule has 0 radical (unpaired) electrons. The molecule has 0 aliphatic carbocycles. The molecule has 3 N–H and O–H groups in total. The Morgan fingerprint density at radius 1 is 1.25 bits per heavy atom. The number of amides is 4. The average molecular weight is 445 g/mol. The average Bonchev–Trinajstić information content (AvgIpc) is 2.99. The van der Waals surface area contributed by atoms with Gasteiger partial charge in [0.1, 0.15) is 23.3 Å². The maximum absolute atomic E-state index is 12.8. The number of hydrogen-bond donors (Lipinski definition) is 3. The van der Waals surface area contributed by atoms with Crippen molar-refractivity contribution in [1.29, 1.82) is 0 Å². The Hall–Kier alpha value is -2.98. The highest BCUT2D eigenvalue weighted by molar-refractivity contribution is 6.05. The molecule has 0 spiro atoms. The zero-order valence-corrected chi connectivity index (χ0v) is 18.3. The summed E-state index contributed by atoms with van der Waals surface area (Å²) in [7, 11) is 0. The summed E-state index contributed by atoms with van der Waals surface area (Å²) in [5, 5.41) is 23.8. The van der Waals surface area contributed by atoms with Gasteiger partial charge in [-0.15, -0.1) is 0 Å². The number of nitrogens with zero attached hydrogens (tertiary/aromatic N) is 2. The number of fused-ring (bicyclic) bond motifs is 1. The Bertz CT molecular complexity index is 994. The summed E-state index contributed by atoms with van der Waals surface area (Å²) >= 11 is 0. The first-order valence-corrected chi connectivity index (χ1v) is 10.5. The first kappa shape index (κ1) is 22.2. The van der Waals surface area contributed by atoms with Crippen molar-refractivity contribution in [1.82, 2.24) is 15.1 Å². The third kappa shape index (κ3) is 3.95. The second-order valence-corrected chi connectivity index (χ2v) is 9.66. The van der Waals surface area contributed by atoms with Crippen LogP contribution in [0.25, 0.3) is 0 Å². The Balaban J connectivity index is 1.45. The van der Waals surface area contributed by atoms with E-state index >= 15 is 0 Å². The predicted molar refractivity (Wildman–Crippen MR) is 110 cm³/mol. The SMILES string of the molecule is CC(C)(C)OC(=O)N1CC(O)(C(O)c2ccc3c(c2)CN(C2CCC(=O)NC2=O)C3=O)C1. The Morgan fingerprint density at radius 2 is 1.94 bits per heavy atom. The number of aliphatic hydroxyl groups excluding tert-OH is 1. The monoisotopic (exact) mass is 445 g/mol. The van der Waals surface area contributed by atoms with Gasteiger partial charge >= 0.3 is 6.09 Å². The highest BCUT2D eigenvalue weighted by Crippen LogP contribution is 2.37. The third-order valence-corrected chi connectivity index (χ3v) is 5.95. The minimum atomic E-state index is -1.53. The molecular formula is C22H27N3O7. The van der Waals surface area contributed by atoms with Gasteiger partial charge in [-0.05, 0) is 44.4 Å². The van der Waals surface area contributed by atoms with E-state index in [4.69, 9.17) is 4.74 Å². The molecule has 4 amide bonds. The van der Waals surface area contributed by atoms with Crippen LogP contribution in [-0.4, -0.2) is 74.2 Å². The molecule has 172 valence electrons. The van der Waals surface area contributed by atoms with E-state index in [1.165, 1.54) is 9.80 Å². The quantitative estimate of drug-likeness (QED) is 0.575. The summed E-state index contributed by atoms with van der Waals surface area (Å²) in [5.41, 5.74) is -0.737. The summed E-state index contributed by atoms with van der Waals surface area (Å²) in [5.74, 6) is -1.15. The van der Waals surface area contributed by atoms with Crippen molar-refractivity contribution in [3.63, 3.8) is 0 Å². The molecule has 3 heterocycles. The number of benzene rings is 1. The van der Waals surface area contributed by atoms with Crippen molar-refractivity contribution in [3.8, 4) is 0 Å². The molecule has 0 bridgehead atoms. The van der Waals surface area contributed by atoms with Gasteiger partial charge < -0.3 is 24.7 Å². The van der Waals surface area contributed by atoms with Gasteiger partial charge in [-0.1, -0.05) is 12.1 Å². The van der Waals surface area contributed by atoms with Gasteiger partial charge in [0.25, 0.3) is 5.91 Å². The lowest BCUT2D eigenvalue weighted by Crippen LogP contribution is -2.66. The normalized spacial score (nSPS) is 23.4. The highest BCUT2D eigenvalue weighted by atomic mass is 16.6. The van der Waals surface area contributed by atoms with Crippen LogP contribution in [0.2, 0.25) is 0 Å². The molecule has 0 aromatic heterocycles. The molecule has 10 nitrogen and oxygen atoms in total. The van der Waals surface area contributed by atoms with Crippen LogP contribution in [0.15, 0.2) is 18.2 Å². The third-order valence-electron chi connectivity index (χ3n) is 5.95. The van der Waals surface area contributed by atoms with Crippen LogP contribution in [0.3, 0.4) is 0 Å². The van der Waals surface area contributed by atoms with Crippen LogP contribution >= 0.6 is 0 Å². The fraction of sp³-hybridized carbons (Fsp3) is 0.545. The van der Waals surface area contributed by atoms with Crippen molar-refractivity contribution < 1.29 is 34.1 Å². The van der Waals surface area contributed by atoms with Gasteiger partial charge in [0, 0.05) is 18.5 Å². The number of carbonyl (C=O) groups is 4. The smallest absolute Gasteiger partial charge is 0.410 e. The minimum Gasteiger partial charge on any atom is -0.444 e. The van der Waals surface area contributed by atoms with Crippen LogP contribution in [0.5, 0.6) is 0 Å². The number of nitrogens with one attached hydrogen (secondary N) is 1. The number of β-amino-alcohol motifs (C(OH)–C–C–N with tert-alkyl or cyclic N) is 1. The summed E-state index contributed by atoms with van der Waals surface area (Å²) in [6, 6.07) is 4.04. The number of ether oxygens (including phenoxy) is 1. The van der Waals surface area contributed by atoms with Crippen molar-refractivity contribution in [3.05, 3.63) is 34.9 Å². The number of rotatable bonds is 3. The van der Waals surface area contributed by atoms with Gasteiger partial charge in [-0.2, -0.15) is 0 Å². The van der Waals surface area contributed by atoms with Gasteiger partial charge in [0.05, 0.1) is 13.1 Å². The van der Waals surface area contributed by atoms with E-state index in [1.54, 1.807) is 39.0 Å². The number of carbonyl (C=O) groups excluding carboxylic acids is 4. The number of hydrogen-bond acceptors (Lipinski definition) is 7. The molecule has 1 aromatic rings. The summed E-state index contributed by atoms with van der Waals surface area (Å²) in [6.45, 7) is 5.24. The fourth-order valence-corrected chi connectivity index (χ4v) is 4.32. The molecule has 3 aliphatic rings. The predicted octanol–water partition coefficient (Wildman–Crippen LogP) is 0.463. The molecule has 2 saturated heterocycles. The van der Waals surface area contributed by atoms with Crippen LogP contribution in [0.1, 0.15) is 61.2 Å². The molecular weight excluding hydrogens is 418 g/mol. The van der Waals surface area contributed by atoms with E-state index in [2.05, 4.69) is 5.32 Å². The van der Waals surface area contributed by atoms with Crippen LogP contribution in [-0.2, 0) is 20.9 Å². The standard InChI is InChI=1S/C22H27N3O7/c1-21(2,3)32-20(30)24-10-22(31,11-24)17(27)12-4-5-14-13(8-12)9-25(19(14)29)15-6-7-16(26)23-18(15)28/h4-5,8,15,17,27,31H,6-7,9-11H2,1-3H3,(H,23,26,28). The van der Waals surface area contributed by atoms with E-state index in [-0.39, 0.29) is 44.3 Å². The second-order valence-electron chi connectivity index (χ2n) is 9.66. The first-order valence-electron chi connectivity index (χ1n) is 10.5. The Kier molecular flexibility index (Phi) is 5.25. The summed E-state index contributed by atoms with van der Waals surface area (Å²) < 4.78 is 5.28. The van der Waals surface area contributed by atoms with E-state index in [0.717, 1.165) is 0 Å². The molecule has 1 aromatic carbocycles. The number of piperidine rings is 1. The van der Waals surface area contributed by atoms with Crippen LogP contribution in [0.4, 0.5) is 4.79 Å². The van der Waals surface area contributed by atoms with Gasteiger partial charge in [-0.25, -0.2) is 4.79 Å². The van der Waals surface area contributed by atoms with E-state index in [1.807, 2.05) is 0 Å². The molecule has 32 heavy (non-hydrogen) atoms. The zero-order chi connectivity index (χ0) is 23.4. The molecule has 10 heteroatoms. The summed E-state index contributed by atoms with van der Waals surface area (Å²) in [4.78, 5) is 51.2. The molecule has 2 unspecified atom stereocenters. The largest absolute Gasteiger partial charge is 0.444 e. The van der Waals surface area contributed by atoms with Crippen molar-refractivity contribution >= 4 is 23.8 Å². The van der Waals surface area contributed by atoms with Gasteiger partial charge in [0.15, 0.2) is 0 Å². The molecule has 2 fully saturated rings. The van der Waals surface area contributed by atoms with E-state index in [0.29, 0.717) is 16.7 Å². The molecule has 0 saturated carbocycles. The minimum absolute atomic E-state index is 0.0819. The summed E-state index contributed by atoms with van der Waals surface area (Å²) in [6.07, 6.45) is -1.40. The molecule has 2 atom stereocenters. The maximum atomic E-state index is 12.8. The highest BCUT2D eigenvalue weighted by Gasteiger charge is 2.51. The molecule has 4 rings (SSSR count). The zero-order valence-electron chi connectivity index (χ0n) is 18.3. The lowest BCUT2D eigenvalue weighted by atomic mass is 9.83. The van der Waals surface area contributed by atoms with Crippen LogP contribution < -0.4 is 5.32 Å². The Morgan fingerprint density at radius 3 is 2.56 bits per heavy atom. The number of likely N-dealkylation sites (tertiary alicyclic amines) is 1. The van der Waals surface area contributed by atoms with Crippen molar-refractivity contribution in [2.45, 2.75) is 63.5 Å². The lowest BCUT2D eigenvalue weighted by molar-refractivity contribution is -0.161. The first-order chi connectivity index (χ1) is 14.9. The van der Waals surface area contributed by atoms with Crippen molar-refractivity contribution in [2.24, 2.45) is 0 Å². The Labute approximate surface area is 185 Å². The lowest BCUT2D eigenvalue weighted by Gasteiger charge is -2.48. The fourth-order valence-electron chi connectivity index (χ4n) is 4.32. The number of aliphatic hydroxyl groups is 2. The second kappa shape index (κ2) is 7.56.